The third-order valence-electron chi connectivity index (χ3n) is 2.36. The molecule has 0 spiro atoms. The van der Waals surface area contributed by atoms with Crippen molar-refractivity contribution in [2.75, 3.05) is 0 Å². The number of hydrogen-bond acceptors (Lipinski definition) is 4. The lowest BCUT2D eigenvalue weighted by Crippen LogP contribution is -2.42. The quantitative estimate of drug-likeness (QED) is 0.567. The maximum atomic E-state index is 5.96. The van der Waals surface area contributed by atoms with Gasteiger partial charge in [0.15, 0.2) is 12.1 Å². The SMILES string of the molecule is CC(C)OC(CC(C)(OC(C)C)OC(C)C)OC(C)C. The minimum Gasteiger partial charge on any atom is -0.350 e. The van der Waals surface area contributed by atoms with Crippen molar-refractivity contribution in [3.05, 3.63) is 0 Å². The van der Waals surface area contributed by atoms with Gasteiger partial charge in [-0.2, -0.15) is 0 Å². The van der Waals surface area contributed by atoms with Crippen LogP contribution in [0.15, 0.2) is 0 Å². The Balaban J connectivity index is 4.84. The molecule has 0 amide bonds. The average molecular weight is 290 g/mol. The van der Waals surface area contributed by atoms with Gasteiger partial charge in [0, 0.05) is 0 Å². The highest BCUT2D eigenvalue weighted by atomic mass is 16.7. The molecule has 0 heterocycles. The molecular formula is C16H34O4. The van der Waals surface area contributed by atoms with Crippen LogP contribution in [0.25, 0.3) is 0 Å². The van der Waals surface area contributed by atoms with Crippen LogP contribution in [0.1, 0.15) is 68.7 Å². The molecule has 0 unspecified atom stereocenters. The van der Waals surface area contributed by atoms with Gasteiger partial charge in [-0.15, -0.1) is 0 Å². The molecule has 0 rings (SSSR count). The van der Waals surface area contributed by atoms with Gasteiger partial charge in [-0.05, 0) is 62.3 Å². The Hall–Kier alpha value is -0.160. The summed E-state index contributed by atoms with van der Waals surface area (Å²) in [5.74, 6) is -0.712. The highest BCUT2D eigenvalue weighted by Gasteiger charge is 2.34. The van der Waals surface area contributed by atoms with E-state index in [1.807, 2.05) is 62.3 Å². The molecule has 122 valence electrons. The van der Waals surface area contributed by atoms with Gasteiger partial charge in [-0.1, -0.05) is 0 Å². The van der Waals surface area contributed by atoms with Crippen molar-refractivity contribution in [3.8, 4) is 0 Å². The fourth-order valence-corrected chi connectivity index (χ4v) is 2.16. The molecule has 4 heteroatoms. The summed E-state index contributed by atoms with van der Waals surface area (Å²) < 4.78 is 23.6. The van der Waals surface area contributed by atoms with Gasteiger partial charge < -0.3 is 18.9 Å². The van der Waals surface area contributed by atoms with Crippen LogP contribution in [0, 0.1) is 0 Å². The van der Waals surface area contributed by atoms with Crippen LogP contribution in [0.5, 0.6) is 0 Å². The third kappa shape index (κ3) is 9.70. The second kappa shape index (κ2) is 8.98. The van der Waals surface area contributed by atoms with Crippen molar-refractivity contribution < 1.29 is 18.9 Å². The zero-order valence-corrected chi connectivity index (χ0v) is 14.7. The van der Waals surface area contributed by atoms with Gasteiger partial charge in [-0.3, -0.25) is 0 Å². The second-order valence-electron chi connectivity index (χ2n) is 6.47. The Morgan fingerprint density at radius 3 is 1.25 bits per heavy atom. The van der Waals surface area contributed by atoms with Crippen molar-refractivity contribution in [1.29, 1.82) is 0 Å². The van der Waals surface area contributed by atoms with E-state index >= 15 is 0 Å². The van der Waals surface area contributed by atoms with Crippen LogP contribution in [-0.2, 0) is 18.9 Å². The topological polar surface area (TPSA) is 36.9 Å². The maximum absolute atomic E-state index is 5.96. The molecule has 0 fully saturated rings. The molecule has 20 heavy (non-hydrogen) atoms. The molecular weight excluding hydrogens is 256 g/mol. The summed E-state index contributed by atoms with van der Waals surface area (Å²) in [5, 5.41) is 0. The van der Waals surface area contributed by atoms with Crippen LogP contribution >= 0.6 is 0 Å². The van der Waals surface area contributed by atoms with Crippen molar-refractivity contribution >= 4 is 0 Å². The first-order valence-electron chi connectivity index (χ1n) is 7.70. The highest BCUT2D eigenvalue weighted by Crippen LogP contribution is 2.26. The lowest BCUT2D eigenvalue weighted by Gasteiger charge is -2.37. The van der Waals surface area contributed by atoms with Gasteiger partial charge in [0.25, 0.3) is 0 Å². The summed E-state index contributed by atoms with van der Waals surface area (Å²) in [5.41, 5.74) is 0. The first-order valence-corrected chi connectivity index (χ1v) is 7.70. The Bertz CT molecular complexity index is 229. The Labute approximate surface area is 125 Å². The fraction of sp³-hybridized carbons (Fsp3) is 1.00. The lowest BCUT2D eigenvalue weighted by molar-refractivity contribution is -0.298. The summed E-state index contributed by atoms with van der Waals surface area (Å²) in [6.45, 7) is 18.0. The van der Waals surface area contributed by atoms with Gasteiger partial charge in [-0.25, -0.2) is 0 Å². The number of ether oxygens (including phenoxy) is 4. The van der Waals surface area contributed by atoms with Crippen LogP contribution in [-0.4, -0.2) is 36.5 Å². The van der Waals surface area contributed by atoms with Gasteiger partial charge in [0.1, 0.15) is 0 Å². The van der Waals surface area contributed by atoms with E-state index in [1.54, 1.807) is 0 Å². The smallest absolute Gasteiger partial charge is 0.171 e. The first-order chi connectivity index (χ1) is 9.04. The maximum Gasteiger partial charge on any atom is 0.171 e. The molecule has 0 aliphatic heterocycles. The fourth-order valence-electron chi connectivity index (χ4n) is 2.16. The largest absolute Gasteiger partial charge is 0.350 e. The summed E-state index contributed by atoms with van der Waals surface area (Å²) in [6, 6.07) is 0. The zero-order valence-electron chi connectivity index (χ0n) is 14.7. The van der Waals surface area contributed by atoms with Gasteiger partial charge in [0.2, 0.25) is 0 Å². The standard InChI is InChI=1S/C16H34O4/c1-11(2)17-15(18-12(3)4)10-16(9,19-13(5)6)20-14(7)8/h11-15H,10H2,1-9H3. The van der Waals surface area contributed by atoms with Crippen LogP contribution in [0.3, 0.4) is 0 Å². The van der Waals surface area contributed by atoms with E-state index in [0.717, 1.165) is 0 Å². The van der Waals surface area contributed by atoms with Crippen molar-refractivity contribution in [2.24, 2.45) is 0 Å². The molecule has 4 nitrogen and oxygen atoms in total. The van der Waals surface area contributed by atoms with E-state index in [1.165, 1.54) is 0 Å². The van der Waals surface area contributed by atoms with Crippen LogP contribution in [0.2, 0.25) is 0 Å². The van der Waals surface area contributed by atoms with Crippen molar-refractivity contribution in [2.45, 2.75) is 105 Å². The number of rotatable bonds is 10. The number of hydrogen-bond donors (Lipinski definition) is 0. The van der Waals surface area contributed by atoms with E-state index < -0.39 is 5.79 Å². The summed E-state index contributed by atoms with van der Waals surface area (Å²) in [7, 11) is 0. The minimum atomic E-state index is -0.712. The van der Waals surface area contributed by atoms with Crippen LogP contribution < -0.4 is 0 Å². The molecule has 0 aliphatic carbocycles. The predicted molar refractivity (Wildman–Crippen MR) is 81.7 cm³/mol. The van der Waals surface area contributed by atoms with E-state index in [2.05, 4.69) is 0 Å². The molecule has 0 bridgehead atoms. The van der Waals surface area contributed by atoms with Gasteiger partial charge in [0.05, 0.1) is 30.8 Å². The molecule has 0 aromatic rings. The molecule has 0 aliphatic rings. The molecule has 0 aromatic heterocycles. The third-order valence-corrected chi connectivity index (χ3v) is 2.36. The zero-order chi connectivity index (χ0) is 15.9. The molecule has 0 atom stereocenters. The highest BCUT2D eigenvalue weighted by molar-refractivity contribution is 4.70. The van der Waals surface area contributed by atoms with E-state index in [9.17, 15) is 0 Å². The van der Waals surface area contributed by atoms with E-state index in [0.29, 0.717) is 6.42 Å². The predicted octanol–water partition coefficient (Wildman–Crippen LogP) is 4.12. The molecule has 0 aromatic carbocycles. The monoisotopic (exact) mass is 290 g/mol. The first kappa shape index (κ1) is 19.8. The summed E-state index contributed by atoms with van der Waals surface area (Å²) >= 11 is 0. The van der Waals surface area contributed by atoms with E-state index in [4.69, 9.17) is 18.9 Å². The average Bonchev–Trinajstić information content (AvgIpc) is 2.09. The molecule has 0 saturated heterocycles. The minimum absolute atomic E-state index is 0.0810. The molecule has 0 N–H and O–H groups in total. The molecule has 0 saturated carbocycles. The van der Waals surface area contributed by atoms with Crippen molar-refractivity contribution in [1.82, 2.24) is 0 Å². The van der Waals surface area contributed by atoms with Gasteiger partial charge >= 0.3 is 0 Å². The summed E-state index contributed by atoms with van der Waals surface area (Å²) in [6.07, 6.45) is 0.564. The molecule has 0 radical (unpaired) electrons. The van der Waals surface area contributed by atoms with Crippen molar-refractivity contribution in [3.63, 3.8) is 0 Å². The lowest BCUT2D eigenvalue weighted by atomic mass is 10.2. The Kier molecular flexibility index (Phi) is 8.91. The summed E-state index contributed by atoms with van der Waals surface area (Å²) in [4.78, 5) is 0. The van der Waals surface area contributed by atoms with Crippen LogP contribution in [0.4, 0.5) is 0 Å². The van der Waals surface area contributed by atoms with E-state index in [-0.39, 0.29) is 30.7 Å². The normalized spacial score (nSPS) is 13.5. The Morgan fingerprint density at radius 2 is 1.00 bits per heavy atom. The Morgan fingerprint density at radius 1 is 0.650 bits per heavy atom. The second-order valence-corrected chi connectivity index (χ2v) is 6.47.